The fourth-order valence-electron chi connectivity index (χ4n) is 3.13. The van der Waals surface area contributed by atoms with Gasteiger partial charge in [-0.1, -0.05) is 48.9 Å². The number of rotatable bonds is 4. The lowest BCUT2D eigenvalue weighted by Crippen LogP contribution is -2.19. The van der Waals surface area contributed by atoms with Crippen molar-refractivity contribution in [3.05, 3.63) is 52.3 Å². The summed E-state index contributed by atoms with van der Waals surface area (Å²) >= 11 is 11.9. The second-order valence-electron chi connectivity index (χ2n) is 6.41. The number of nitrogens with zero attached hydrogens (tertiary/aromatic N) is 1. The maximum absolute atomic E-state index is 12.5. The van der Waals surface area contributed by atoms with Crippen molar-refractivity contribution < 1.29 is 4.79 Å². The Labute approximate surface area is 157 Å². The molecular formula is C19H21Cl2N3O. The zero-order valence-electron chi connectivity index (χ0n) is 13.9. The fraction of sp³-hybridized carbons (Fsp3) is 0.368. The number of halogens is 2. The first-order chi connectivity index (χ1) is 12.1. The van der Waals surface area contributed by atoms with E-state index in [9.17, 15) is 4.79 Å². The van der Waals surface area contributed by atoms with E-state index in [-0.39, 0.29) is 5.91 Å². The van der Waals surface area contributed by atoms with Gasteiger partial charge in [0.1, 0.15) is 0 Å². The highest BCUT2D eigenvalue weighted by Gasteiger charge is 2.14. The normalized spacial score (nSPS) is 15.4. The summed E-state index contributed by atoms with van der Waals surface area (Å²) in [6.45, 7) is 0. The zero-order chi connectivity index (χ0) is 17.6. The minimum Gasteiger partial charge on any atom is -0.381 e. The second kappa shape index (κ2) is 8.54. The summed E-state index contributed by atoms with van der Waals surface area (Å²) in [6.07, 6.45) is 10.8. The van der Waals surface area contributed by atoms with Gasteiger partial charge in [-0.15, -0.1) is 0 Å². The van der Waals surface area contributed by atoms with Gasteiger partial charge in [0.15, 0.2) is 0 Å². The molecule has 1 aliphatic carbocycles. The molecule has 1 fully saturated rings. The number of hydrogen-bond donors (Lipinski definition) is 2. The van der Waals surface area contributed by atoms with Gasteiger partial charge >= 0.3 is 0 Å². The van der Waals surface area contributed by atoms with E-state index in [0.29, 0.717) is 27.3 Å². The topological polar surface area (TPSA) is 54.0 Å². The van der Waals surface area contributed by atoms with E-state index in [2.05, 4.69) is 15.6 Å². The summed E-state index contributed by atoms with van der Waals surface area (Å²) in [7, 11) is 0. The Bertz CT molecular complexity index is 723. The number of aromatic nitrogens is 1. The van der Waals surface area contributed by atoms with Gasteiger partial charge in [-0.05, 0) is 37.1 Å². The Morgan fingerprint density at radius 1 is 0.920 bits per heavy atom. The van der Waals surface area contributed by atoms with Crippen LogP contribution in [0.1, 0.15) is 48.9 Å². The monoisotopic (exact) mass is 377 g/mol. The van der Waals surface area contributed by atoms with Crippen LogP contribution in [-0.4, -0.2) is 16.9 Å². The first kappa shape index (κ1) is 18.0. The third kappa shape index (κ3) is 5.35. The van der Waals surface area contributed by atoms with Crippen LogP contribution in [0.15, 0.2) is 36.7 Å². The molecule has 1 aliphatic rings. The van der Waals surface area contributed by atoms with Crippen molar-refractivity contribution in [3.63, 3.8) is 0 Å². The van der Waals surface area contributed by atoms with E-state index in [1.807, 2.05) is 6.07 Å². The van der Waals surface area contributed by atoms with Gasteiger partial charge in [-0.25, -0.2) is 0 Å². The quantitative estimate of drug-likeness (QED) is 0.664. The van der Waals surface area contributed by atoms with Crippen LogP contribution < -0.4 is 10.6 Å². The van der Waals surface area contributed by atoms with Crippen molar-refractivity contribution in [2.45, 2.75) is 44.6 Å². The van der Waals surface area contributed by atoms with Gasteiger partial charge < -0.3 is 10.6 Å². The maximum atomic E-state index is 12.5. The number of hydrogen-bond acceptors (Lipinski definition) is 3. The van der Waals surface area contributed by atoms with Gasteiger partial charge in [-0.3, -0.25) is 9.78 Å². The molecule has 132 valence electrons. The highest BCUT2D eigenvalue weighted by Crippen LogP contribution is 2.24. The van der Waals surface area contributed by atoms with Crippen LogP contribution in [0.4, 0.5) is 11.4 Å². The average molecular weight is 378 g/mol. The van der Waals surface area contributed by atoms with Crippen molar-refractivity contribution in [1.29, 1.82) is 0 Å². The predicted octanol–water partition coefficient (Wildman–Crippen LogP) is 5.78. The fourth-order valence-corrected chi connectivity index (χ4v) is 3.66. The Balaban J connectivity index is 1.68. The number of carbonyl (C=O) groups is 1. The molecule has 3 rings (SSSR count). The molecule has 1 amide bonds. The molecule has 4 nitrogen and oxygen atoms in total. The van der Waals surface area contributed by atoms with Crippen LogP contribution in [0.25, 0.3) is 0 Å². The molecule has 6 heteroatoms. The van der Waals surface area contributed by atoms with Crippen LogP contribution >= 0.6 is 23.2 Å². The Hall–Kier alpha value is -1.78. The number of nitrogens with one attached hydrogen (secondary N) is 2. The third-order valence-corrected chi connectivity index (χ3v) is 4.78. The van der Waals surface area contributed by atoms with Crippen molar-refractivity contribution in [1.82, 2.24) is 4.98 Å². The molecule has 0 saturated heterocycles. The minimum absolute atomic E-state index is 0.240. The Kier molecular flexibility index (Phi) is 6.16. The summed E-state index contributed by atoms with van der Waals surface area (Å²) in [5.74, 6) is -0.240. The molecule has 1 heterocycles. The lowest BCUT2D eigenvalue weighted by atomic mass is 10.1. The van der Waals surface area contributed by atoms with Crippen LogP contribution in [0.3, 0.4) is 0 Å². The molecule has 0 spiro atoms. The third-order valence-electron chi connectivity index (χ3n) is 4.35. The van der Waals surface area contributed by atoms with Gasteiger partial charge in [0.05, 0.1) is 11.3 Å². The highest BCUT2D eigenvalue weighted by atomic mass is 35.5. The lowest BCUT2D eigenvalue weighted by molar-refractivity contribution is 0.102. The van der Waals surface area contributed by atoms with E-state index in [1.165, 1.54) is 25.7 Å². The van der Waals surface area contributed by atoms with Crippen molar-refractivity contribution in [2.75, 3.05) is 10.6 Å². The molecule has 1 aromatic heterocycles. The van der Waals surface area contributed by atoms with Crippen molar-refractivity contribution in [3.8, 4) is 0 Å². The second-order valence-corrected chi connectivity index (χ2v) is 7.28. The average Bonchev–Trinajstić information content (AvgIpc) is 2.83. The smallest absolute Gasteiger partial charge is 0.257 e. The standard InChI is InChI=1S/C19H21Cl2N3O/c20-14-8-15(21)10-17(9-14)24-19(25)13-7-18(12-22-11-13)23-16-5-3-1-2-4-6-16/h7-12,16,23H,1-6H2,(H,24,25). The first-order valence-electron chi connectivity index (χ1n) is 8.59. The van der Waals surface area contributed by atoms with Crippen LogP contribution in [-0.2, 0) is 0 Å². The molecule has 1 saturated carbocycles. The van der Waals surface area contributed by atoms with E-state index in [4.69, 9.17) is 23.2 Å². The zero-order valence-corrected chi connectivity index (χ0v) is 15.4. The molecule has 0 unspecified atom stereocenters. The van der Waals surface area contributed by atoms with Gasteiger partial charge in [0.25, 0.3) is 5.91 Å². The molecule has 0 bridgehead atoms. The lowest BCUT2D eigenvalue weighted by Gasteiger charge is -2.17. The number of amides is 1. The number of anilines is 2. The summed E-state index contributed by atoms with van der Waals surface area (Å²) in [6, 6.07) is 7.23. The summed E-state index contributed by atoms with van der Waals surface area (Å²) in [5.41, 5.74) is 1.93. The maximum Gasteiger partial charge on any atom is 0.257 e. The highest BCUT2D eigenvalue weighted by molar-refractivity contribution is 6.35. The van der Waals surface area contributed by atoms with Gasteiger partial charge in [0.2, 0.25) is 0 Å². The molecule has 25 heavy (non-hydrogen) atoms. The molecule has 2 N–H and O–H groups in total. The molecule has 0 radical (unpaired) electrons. The van der Waals surface area contributed by atoms with Gasteiger partial charge in [0, 0.05) is 34.2 Å². The Morgan fingerprint density at radius 3 is 2.28 bits per heavy atom. The van der Waals surface area contributed by atoms with Crippen LogP contribution in [0.2, 0.25) is 10.0 Å². The van der Waals surface area contributed by atoms with E-state index < -0.39 is 0 Å². The van der Waals surface area contributed by atoms with E-state index in [1.54, 1.807) is 30.6 Å². The van der Waals surface area contributed by atoms with Crippen molar-refractivity contribution in [2.24, 2.45) is 0 Å². The van der Waals surface area contributed by atoms with Crippen LogP contribution in [0.5, 0.6) is 0 Å². The van der Waals surface area contributed by atoms with Crippen molar-refractivity contribution >= 4 is 40.5 Å². The molecule has 0 atom stereocenters. The van der Waals surface area contributed by atoms with Crippen LogP contribution in [0, 0.1) is 0 Å². The number of pyridine rings is 1. The van der Waals surface area contributed by atoms with Gasteiger partial charge in [-0.2, -0.15) is 0 Å². The number of benzene rings is 1. The molecule has 0 aliphatic heterocycles. The molecule has 1 aromatic carbocycles. The predicted molar refractivity (Wildman–Crippen MR) is 104 cm³/mol. The summed E-state index contributed by atoms with van der Waals surface area (Å²) < 4.78 is 0. The summed E-state index contributed by atoms with van der Waals surface area (Å²) in [4.78, 5) is 16.7. The van der Waals surface area contributed by atoms with E-state index in [0.717, 1.165) is 18.5 Å². The first-order valence-corrected chi connectivity index (χ1v) is 9.35. The van der Waals surface area contributed by atoms with E-state index >= 15 is 0 Å². The molecule has 2 aromatic rings. The molecular weight excluding hydrogens is 357 g/mol. The SMILES string of the molecule is O=C(Nc1cc(Cl)cc(Cl)c1)c1cncc(NC2CCCCCC2)c1. The largest absolute Gasteiger partial charge is 0.381 e. The minimum atomic E-state index is -0.240. The Morgan fingerprint density at radius 2 is 1.60 bits per heavy atom. The summed E-state index contributed by atoms with van der Waals surface area (Å²) in [5, 5.41) is 7.27. The number of carbonyl (C=O) groups excluding carboxylic acids is 1.